The van der Waals surface area contributed by atoms with Gasteiger partial charge in [0.2, 0.25) is 0 Å². The average molecular weight is 332 g/mol. The summed E-state index contributed by atoms with van der Waals surface area (Å²) in [5.41, 5.74) is 2.07. The summed E-state index contributed by atoms with van der Waals surface area (Å²) in [6.07, 6.45) is 1.44. The van der Waals surface area contributed by atoms with E-state index in [4.69, 9.17) is 11.6 Å². The summed E-state index contributed by atoms with van der Waals surface area (Å²) in [7, 11) is 0. The van der Waals surface area contributed by atoms with Crippen LogP contribution in [0, 0.1) is 6.92 Å². The molecule has 0 atom stereocenters. The highest BCUT2D eigenvalue weighted by atomic mass is 35.5. The average Bonchev–Trinajstić information content (AvgIpc) is 2.49. The number of amides is 2. The highest BCUT2D eigenvalue weighted by Gasteiger charge is 2.13. The molecule has 2 N–H and O–H groups in total. The molecular weight excluding hydrogens is 314 g/mol. The standard InChI is InChI=1S/C17H18ClN3O2/c1-10(2)20-16(22)12-6-7-19-15(9-12)17(23)21-14-5-4-13(18)8-11(14)3/h4-10H,1-3H3,(H,20,22)(H,21,23). The molecule has 0 aliphatic carbocycles. The fraction of sp³-hybridized carbons (Fsp3) is 0.235. The summed E-state index contributed by atoms with van der Waals surface area (Å²) < 4.78 is 0. The Hall–Kier alpha value is -2.40. The van der Waals surface area contributed by atoms with Crippen LogP contribution in [-0.2, 0) is 0 Å². The molecular formula is C17H18ClN3O2. The number of halogens is 1. The maximum Gasteiger partial charge on any atom is 0.274 e. The van der Waals surface area contributed by atoms with Crippen LogP contribution >= 0.6 is 11.6 Å². The summed E-state index contributed by atoms with van der Waals surface area (Å²) in [5.74, 6) is -0.617. The van der Waals surface area contributed by atoms with Crippen molar-refractivity contribution in [3.8, 4) is 0 Å². The Balaban J connectivity index is 2.18. The van der Waals surface area contributed by atoms with E-state index < -0.39 is 0 Å². The molecule has 0 spiro atoms. The van der Waals surface area contributed by atoms with E-state index in [9.17, 15) is 9.59 Å². The minimum absolute atomic E-state index is 0.0182. The van der Waals surface area contributed by atoms with Gasteiger partial charge in [-0.1, -0.05) is 11.6 Å². The van der Waals surface area contributed by atoms with E-state index in [0.29, 0.717) is 16.3 Å². The minimum atomic E-state index is -0.380. The third-order valence-electron chi connectivity index (χ3n) is 3.11. The maximum absolute atomic E-state index is 12.3. The van der Waals surface area contributed by atoms with Gasteiger partial charge in [0.15, 0.2) is 0 Å². The number of pyridine rings is 1. The fourth-order valence-corrected chi connectivity index (χ4v) is 2.22. The summed E-state index contributed by atoms with van der Waals surface area (Å²) >= 11 is 5.90. The lowest BCUT2D eigenvalue weighted by Crippen LogP contribution is -2.30. The molecule has 1 heterocycles. The molecule has 1 aromatic carbocycles. The molecule has 0 fully saturated rings. The van der Waals surface area contributed by atoms with Crippen molar-refractivity contribution in [1.29, 1.82) is 0 Å². The van der Waals surface area contributed by atoms with Crippen molar-refractivity contribution >= 4 is 29.1 Å². The van der Waals surface area contributed by atoms with E-state index in [0.717, 1.165) is 5.56 Å². The van der Waals surface area contributed by atoms with Gasteiger partial charge in [-0.05, 0) is 56.7 Å². The lowest BCUT2D eigenvalue weighted by atomic mass is 10.1. The van der Waals surface area contributed by atoms with Crippen LogP contribution in [0.5, 0.6) is 0 Å². The number of anilines is 1. The Morgan fingerprint density at radius 2 is 1.87 bits per heavy atom. The van der Waals surface area contributed by atoms with Gasteiger partial charge < -0.3 is 10.6 Å². The number of benzene rings is 1. The summed E-state index contributed by atoms with van der Waals surface area (Å²) in [6.45, 7) is 5.59. The lowest BCUT2D eigenvalue weighted by Gasteiger charge is -2.10. The monoisotopic (exact) mass is 331 g/mol. The number of aromatic nitrogens is 1. The van der Waals surface area contributed by atoms with Crippen molar-refractivity contribution in [1.82, 2.24) is 10.3 Å². The van der Waals surface area contributed by atoms with Crippen molar-refractivity contribution in [2.24, 2.45) is 0 Å². The molecule has 0 saturated heterocycles. The van der Waals surface area contributed by atoms with Crippen molar-refractivity contribution in [3.63, 3.8) is 0 Å². The molecule has 120 valence electrons. The summed E-state index contributed by atoms with van der Waals surface area (Å²) in [4.78, 5) is 28.3. The Kier molecular flexibility index (Phi) is 5.34. The van der Waals surface area contributed by atoms with Gasteiger partial charge in [-0.25, -0.2) is 0 Å². The minimum Gasteiger partial charge on any atom is -0.350 e. The zero-order valence-electron chi connectivity index (χ0n) is 13.2. The first kappa shape index (κ1) is 17.0. The van der Waals surface area contributed by atoms with E-state index in [1.54, 1.807) is 24.3 Å². The first-order chi connectivity index (χ1) is 10.9. The van der Waals surface area contributed by atoms with Crippen molar-refractivity contribution in [2.45, 2.75) is 26.8 Å². The number of rotatable bonds is 4. The first-order valence-electron chi connectivity index (χ1n) is 7.21. The highest BCUT2D eigenvalue weighted by Crippen LogP contribution is 2.20. The number of carbonyl (C=O) groups excluding carboxylic acids is 2. The van der Waals surface area contributed by atoms with Crippen LogP contribution in [0.1, 0.15) is 40.3 Å². The summed E-state index contributed by atoms with van der Waals surface area (Å²) in [5, 5.41) is 6.15. The first-order valence-corrected chi connectivity index (χ1v) is 7.59. The SMILES string of the molecule is Cc1cc(Cl)ccc1NC(=O)c1cc(C(=O)NC(C)C)ccn1. The number of aryl methyl sites for hydroxylation is 1. The molecule has 0 saturated carbocycles. The molecule has 0 unspecified atom stereocenters. The van der Waals surface area contributed by atoms with Crippen molar-refractivity contribution < 1.29 is 9.59 Å². The summed E-state index contributed by atoms with van der Waals surface area (Å²) in [6, 6.07) is 8.25. The molecule has 2 rings (SSSR count). The largest absolute Gasteiger partial charge is 0.350 e. The second-order valence-corrected chi connectivity index (χ2v) is 5.91. The molecule has 5 nitrogen and oxygen atoms in total. The second kappa shape index (κ2) is 7.24. The van der Waals surface area contributed by atoms with Gasteiger partial charge >= 0.3 is 0 Å². The number of hydrogen-bond donors (Lipinski definition) is 2. The van der Waals surface area contributed by atoms with Crippen LogP contribution < -0.4 is 10.6 Å². The van der Waals surface area contributed by atoms with Crippen LogP contribution in [0.3, 0.4) is 0 Å². The third kappa shape index (κ3) is 4.53. The second-order valence-electron chi connectivity index (χ2n) is 5.47. The molecule has 23 heavy (non-hydrogen) atoms. The molecule has 0 aliphatic rings. The van der Waals surface area contributed by atoms with Crippen LogP contribution in [0.25, 0.3) is 0 Å². The van der Waals surface area contributed by atoms with Gasteiger partial charge in [0.1, 0.15) is 5.69 Å². The molecule has 1 aromatic heterocycles. The molecule has 0 radical (unpaired) electrons. The Bertz CT molecular complexity index is 744. The van der Waals surface area contributed by atoms with Crippen LogP contribution in [0.2, 0.25) is 5.02 Å². The zero-order valence-corrected chi connectivity index (χ0v) is 13.9. The van der Waals surface area contributed by atoms with Crippen molar-refractivity contribution in [3.05, 3.63) is 58.4 Å². The quantitative estimate of drug-likeness (QED) is 0.901. The van der Waals surface area contributed by atoms with Gasteiger partial charge in [-0.15, -0.1) is 0 Å². The van der Waals surface area contributed by atoms with E-state index in [2.05, 4.69) is 15.6 Å². The van der Waals surface area contributed by atoms with Crippen LogP contribution in [0.4, 0.5) is 5.69 Å². The zero-order chi connectivity index (χ0) is 17.0. The van der Waals surface area contributed by atoms with Crippen LogP contribution in [0.15, 0.2) is 36.5 Å². The van der Waals surface area contributed by atoms with Crippen LogP contribution in [-0.4, -0.2) is 22.8 Å². The number of nitrogens with one attached hydrogen (secondary N) is 2. The van der Waals surface area contributed by atoms with Gasteiger partial charge in [0.05, 0.1) is 0 Å². The molecule has 0 aliphatic heterocycles. The van der Waals surface area contributed by atoms with E-state index in [-0.39, 0.29) is 23.6 Å². The Morgan fingerprint density at radius 1 is 1.13 bits per heavy atom. The molecule has 0 bridgehead atoms. The van der Waals surface area contributed by atoms with Crippen molar-refractivity contribution in [2.75, 3.05) is 5.32 Å². The van der Waals surface area contributed by atoms with E-state index in [1.165, 1.54) is 12.3 Å². The third-order valence-corrected chi connectivity index (χ3v) is 3.35. The number of carbonyl (C=O) groups is 2. The molecule has 2 amide bonds. The number of hydrogen-bond acceptors (Lipinski definition) is 3. The number of nitrogens with zero attached hydrogens (tertiary/aromatic N) is 1. The Morgan fingerprint density at radius 3 is 2.52 bits per heavy atom. The van der Waals surface area contributed by atoms with Gasteiger partial charge in [0, 0.05) is 28.5 Å². The molecule has 6 heteroatoms. The van der Waals surface area contributed by atoms with Gasteiger partial charge in [-0.3, -0.25) is 14.6 Å². The predicted molar refractivity (Wildman–Crippen MR) is 91.0 cm³/mol. The highest BCUT2D eigenvalue weighted by molar-refractivity contribution is 6.30. The van der Waals surface area contributed by atoms with E-state index in [1.807, 2.05) is 20.8 Å². The van der Waals surface area contributed by atoms with Gasteiger partial charge in [-0.2, -0.15) is 0 Å². The normalized spacial score (nSPS) is 10.5. The smallest absolute Gasteiger partial charge is 0.274 e. The fourth-order valence-electron chi connectivity index (χ4n) is 2.00. The lowest BCUT2D eigenvalue weighted by molar-refractivity contribution is 0.0943. The van der Waals surface area contributed by atoms with Gasteiger partial charge in [0.25, 0.3) is 11.8 Å². The topological polar surface area (TPSA) is 71.1 Å². The Labute approximate surface area is 140 Å². The maximum atomic E-state index is 12.3. The molecule has 2 aromatic rings. The predicted octanol–water partition coefficient (Wildman–Crippen LogP) is 3.43. The van der Waals surface area contributed by atoms with E-state index >= 15 is 0 Å².